The van der Waals surface area contributed by atoms with Crippen LogP contribution >= 0.6 is 0 Å². The van der Waals surface area contributed by atoms with Gasteiger partial charge in [-0.2, -0.15) is 5.26 Å². The molecule has 0 fully saturated rings. The van der Waals surface area contributed by atoms with E-state index in [1.165, 1.54) is 0 Å². The summed E-state index contributed by atoms with van der Waals surface area (Å²) < 4.78 is 10.5. The van der Waals surface area contributed by atoms with Crippen molar-refractivity contribution in [2.75, 3.05) is 6.61 Å². The lowest BCUT2D eigenvalue weighted by Gasteiger charge is -2.17. The summed E-state index contributed by atoms with van der Waals surface area (Å²) in [4.78, 5) is 11.7. The van der Waals surface area contributed by atoms with Crippen LogP contribution in [-0.2, 0) is 9.53 Å². The van der Waals surface area contributed by atoms with Crippen LogP contribution in [0.4, 0.5) is 0 Å². The second-order valence-corrected chi connectivity index (χ2v) is 3.79. The van der Waals surface area contributed by atoms with Crippen molar-refractivity contribution in [1.82, 2.24) is 0 Å². The summed E-state index contributed by atoms with van der Waals surface area (Å²) in [5, 5.41) is 8.80. The van der Waals surface area contributed by atoms with E-state index in [1.54, 1.807) is 31.2 Å². The highest BCUT2D eigenvalue weighted by Gasteiger charge is 2.20. The van der Waals surface area contributed by atoms with Crippen LogP contribution in [-0.4, -0.2) is 18.7 Å². The quantitative estimate of drug-likeness (QED) is 0.725. The maximum Gasteiger partial charge on any atom is 0.347 e. The number of hydrogen-bond donors (Lipinski definition) is 0. The summed E-state index contributed by atoms with van der Waals surface area (Å²) in [6.45, 7) is 4.07. The average Bonchev–Trinajstić information content (AvgIpc) is 2.39. The van der Waals surface area contributed by atoms with E-state index >= 15 is 0 Å². The Morgan fingerprint density at radius 1 is 1.44 bits per heavy atom. The first kappa shape index (κ1) is 14.0. The molecule has 0 radical (unpaired) electrons. The lowest BCUT2D eigenvalue weighted by atomic mass is 10.2. The fourth-order valence-electron chi connectivity index (χ4n) is 1.53. The van der Waals surface area contributed by atoms with Crippen molar-refractivity contribution in [2.45, 2.75) is 32.8 Å². The molecule has 0 aromatic heterocycles. The molecule has 0 saturated carbocycles. The second-order valence-electron chi connectivity index (χ2n) is 3.79. The first-order valence-corrected chi connectivity index (χ1v) is 6.04. The molecule has 1 aromatic carbocycles. The van der Waals surface area contributed by atoms with E-state index in [-0.39, 0.29) is 5.97 Å². The van der Waals surface area contributed by atoms with Crippen molar-refractivity contribution in [3.63, 3.8) is 0 Å². The van der Waals surface area contributed by atoms with Gasteiger partial charge in [-0.05, 0) is 31.5 Å². The SMILES string of the molecule is CCCC(Oc1cccc(C#N)c1)C(=O)OCC. The number of esters is 1. The zero-order chi connectivity index (χ0) is 13.4. The number of nitriles is 1. The minimum Gasteiger partial charge on any atom is -0.479 e. The number of ether oxygens (including phenoxy) is 2. The lowest BCUT2D eigenvalue weighted by molar-refractivity contribution is -0.151. The molecule has 4 nitrogen and oxygen atoms in total. The largest absolute Gasteiger partial charge is 0.479 e. The van der Waals surface area contributed by atoms with Gasteiger partial charge in [0, 0.05) is 0 Å². The third-order valence-corrected chi connectivity index (χ3v) is 2.34. The summed E-state index contributed by atoms with van der Waals surface area (Å²) in [7, 11) is 0. The number of nitrogens with zero attached hydrogens (tertiary/aromatic N) is 1. The topological polar surface area (TPSA) is 59.3 Å². The molecule has 0 amide bonds. The molecule has 18 heavy (non-hydrogen) atoms. The molecule has 0 aliphatic rings. The van der Waals surface area contributed by atoms with Crippen LogP contribution in [0.5, 0.6) is 5.75 Å². The minimum absolute atomic E-state index is 0.334. The Morgan fingerprint density at radius 2 is 2.22 bits per heavy atom. The highest BCUT2D eigenvalue weighted by atomic mass is 16.6. The molecule has 1 aromatic rings. The van der Waals surface area contributed by atoms with Crippen molar-refractivity contribution in [3.8, 4) is 11.8 Å². The smallest absolute Gasteiger partial charge is 0.347 e. The highest BCUT2D eigenvalue weighted by molar-refractivity contribution is 5.75. The molecule has 0 N–H and O–H groups in total. The molecule has 96 valence electrons. The second kappa shape index (κ2) is 7.33. The molecule has 0 heterocycles. The highest BCUT2D eigenvalue weighted by Crippen LogP contribution is 2.17. The molecule has 1 unspecified atom stereocenters. The zero-order valence-corrected chi connectivity index (χ0v) is 10.7. The Bertz CT molecular complexity index is 437. The van der Waals surface area contributed by atoms with Gasteiger partial charge in [-0.1, -0.05) is 19.4 Å². The minimum atomic E-state index is -0.608. The fourth-order valence-corrected chi connectivity index (χ4v) is 1.53. The van der Waals surface area contributed by atoms with E-state index < -0.39 is 6.10 Å². The van der Waals surface area contributed by atoms with Crippen molar-refractivity contribution in [3.05, 3.63) is 29.8 Å². The summed E-state index contributed by atoms with van der Waals surface area (Å²) in [6, 6.07) is 8.78. The lowest BCUT2D eigenvalue weighted by Crippen LogP contribution is -2.29. The van der Waals surface area contributed by atoms with Gasteiger partial charge in [-0.15, -0.1) is 0 Å². The standard InChI is InChI=1S/C14H17NO3/c1-3-6-13(14(16)17-4-2)18-12-8-5-7-11(9-12)10-15/h5,7-9,13H,3-4,6H2,1-2H3. The molecular formula is C14H17NO3. The van der Waals surface area contributed by atoms with Gasteiger partial charge in [0.05, 0.1) is 18.2 Å². The van der Waals surface area contributed by atoms with Crippen LogP contribution in [0.2, 0.25) is 0 Å². The molecule has 0 spiro atoms. The Kier molecular flexibility index (Phi) is 5.72. The van der Waals surface area contributed by atoms with Gasteiger partial charge in [0.15, 0.2) is 6.10 Å². The van der Waals surface area contributed by atoms with Gasteiger partial charge < -0.3 is 9.47 Å². The van der Waals surface area contributed by atoms with Crippen LogP contribution in [0.15, 0.2) is 24.3 Å². The number of carbonyl (C=O) groups is 1. The molecule has 1 rings (SSSR count). The maximum absolute atomic E-state index is 11.7. The summed E-state index contributed by atoms with van der Waals surface area (Å²) >= 11 is 0. The summed E-state index contributed by atoms with van der Waals surface area (Å²) in [6.07, 6.45) is 0.806. The van der Waals surface area contributed by atoms with Crippen LogP contribution in [0.1, 0.15) is 32.3 Å². The van der Waals surface area contributed by atoms with Crippen molar-refractivity contribution >= 4 is 5.97 Å². The normalized spacial score (nSPS) is 11.4. The average molecular weight is 247 g/mol. The first-order chi connectivity index (χ1) is 8.71. The molecule has 0 saturated heterocycles. The van der Waals surface area contributed by atoms with Crippen molar-refractivity contribution < 1.29 is 14.3 Å². The number of benzene rings is 1. The summed E-state index contributed by atoms with van der Waals surface area (Å²) in [5.41, 5.74) is 0.506. The fraction of sp³-hybridized carbons (Fsp3) is 0.429. The van der Waals surface area contributed by atoms with Crippen molar-refractivity contribution in [1.29, 1.82) is 5.26 Å². The monoisotopic (exact) mass is 247 g/mol. The Balaban J connectivity index is 2.76. The number of carbonyl (C=O) groups excluding carboxylic acids is 1. The van der Waals surface area contributed by atoms with Gasteiger partial charge in [-0.3, -0.25) is 0 Å². The molecular weight excluding hydrogens is 230 g/mol. The molecule has 4 heteroatoms. The van der Waals surface area contributed by atoms with Crippen LogP contribution in [0.25, 0.3) is 0 Å². The predicted molar refractivity (Wildman–Crippen MR) is 67.1 cm³/mol. The first-order valence-electron chi connectivity index (χ1n) is 6.04. The third-order valence-electron chi connectivity index (χ3n) is 2.34. The van der Waals surface area contributed by atoms with Crippen LogP contribution in [0, 0.1) is 11.3 Å². The zero-order valence-electron chi connectivity index (χ0n) is 10.7. The van der Waals surface area contributed by atoms with E-state index in [0.29, 0.717) is 24.3 Å². The summed E-state index contributed by atoms with van der Waals surface area (Å²) in [5.74, 6) is 0.155. The van der Waals surface area contributed by atoms with Crippen LogP contribution in [0.3, 0.4) is 0 Å². The Hall–Kier alpha value is -2.02. The molecule has 0 aliphatic carbocycles. The van der Waals surface area contributed by atoms with E-state index in [1.807, 2.05) is 13.0 Å². The van der Waals surface area contributed by atoms with Gasteiger partial charge in [0.25, 0.3) is 0 Å². The molecule has 0 bridgehead atoms. The van der Waals surface area contributed by atoms with Gasteiger partial charge in [0.1, 0.15) is 5.75 Å². The van der Waals surface area contributed by atoms with E-state index in [2.05, 4.69) is 0 Å². The number of hydrogen-bond acceptors (Lipinski definition) is 4. The van der Waals surface area contributed by atoms with Gasteiger partial charge in [-0.25, -0.2) is 4.79 Å². The van der Waals surface area contributed by atoms with Gasteiger partial charge in [0.2, 0.25) is 0 Å². The number of rotatable bonds is 6. The predicted octanol–water partition coefficient (Wildman–Crippen LogP) is 2.67. The van der Waals surface area contributed by atoms with E-state index in [4.69, 9.17) is 14.7 Å². The maximum atomic E-state index is 11.7. The molecule has 1 atom stereocenters. The van der Waals surface area contributed by atoms with Gasteiger partial charge >= 0.3 is 5.97 Å². The van der Waals surface area contributed by atoms with Crippen molar-refractivity contribution in [2.24, 2.45) is 0 Å². The van der Waals surface area contributed by atoms with E-state index in [0.717, 1.165) is 6.42 Å². The third kappa shape index (κ3) is 4.10. The van der Waals surface area contributed by atoms with Crippen LogP contribution < -0.4 is 4.74 Å². The van der Waals surface area contributed by atoms with E-state index in [9.17, 15) is 4.79 Å². The Morgan fingerprint density at radius 3 is 2.83 bits per heavy atom. The Labute approximate surface area is 107 Å². The molecule has 0 aliphatic heterocycles.